The average Bonchev–Trinajstić information content (AvgIpc) is 3.25. The number of ketones is 1. The Hall–Kier alpha value is -1.99. The molecule has 0 bridgehead atoms. The first-order valence-corrected chi connectivity index (χ1v) is 10.8. The molecular formula is C21H27N3O3S. The van der Waals surface area contributed by atoms with E-state index in [2.05, 4.69) is 19.2 Å². The maximum atomic E-state index is 12.9. The van der Waals surface area contributed by atoms with Gasteiger partial charge in [0.15, 0.2) is 5.78 Å². The van der Waals surface area contributed by atoms with Crippen molar-refractivity contribution >= 4 is 38.9 Å². The van der Waals surface area contributed by atoms with E-state index in [0.29, 0.717) is 30.0 Å². The minimum atomic E-state index is -0.192. The number of ether oxygens (including phenoxy) is 1. The van der Waals surface area contributed by atoms with E-state index in [4.69, 9.17) is 15.5 Å². The molecule has 6 nitrogen and oxygen atoms in total. The smallest absolute Gasteiger partial charge is 0.263 e. The predicted octanol–water partition coefficient (Wildman–Crippen LogP) is 3.50. The van der Waals surface area contributed by atoms with Gasteiger partial charge in [-0.1, -0.05) is 20.8 Å². The molecule has 1 aliphatic carbocycles. The van der Waals surface area contributed by atoms with Crippen LogP contribution in [0.3, 0.4) is 0 Å². The number of aromatic nitrogens is 1. The summed E-state index contributed by atoms with van der Waals surface area (Å²) < 4.78 is 5.57. The quantitative estimate of drug-likeness (QED) is 0.818. The number of Topliss-reactive ketones (excluding diaryl/α,β-unsaturated/α-hetero) is 1. The summed E-state index contributed by atoms with van der Waals surface area (Å²) in [6.45, 7) is 7.46. The number of pyridine rings is 1. The Bertz CT molecular complexity index is 958. The Kier molecular flexibility index (Phi) is 4.91. The Balaban J connectivity index is 1.74. The highest BCUT2D eigenvalue weighted by atomic mass is 32.1. The van der Waals surface area contributed by atoms with E-state index in [-0.39, 0.29) is 23.2 Å². The lowest BCUT2D eigenvalue weighted by molar-refractivity contribution is 0.0861. The van der Waals surface area contributed by atoms with Gasteiger partial charge in [0.1, 0.15) is 9.71 Å². The largest absolute Gasteiger partial charge is 0.397 e. The number of hydrogen-bond acceptors (Lipinski definition) is 6. The number of fused-ring (bicyclic) bond motifs is 2. The summed E-state index contributed by atoms with van der Waals surface area (Å²) in [4.78, 5) is 31.6. The molecule has 1 aliphatic heterocycles. The third-order valence-corrected chi connectivity index (χ3v) is 6.79. The number of nitrogens with zero attached hydrogens (tertiary/aromatic N) is 1. The van der Waals surface area contributed by atoms with Crippen LogP contribution >= 0.6 is 11.3 Å². The van der Waals surface area contributed by atoms with Gasteiger partial charge in [-0.3, -0.25) is 9.59 Å². The van der Waals surface area contributed by atoms with E-state index in [0.717, 1.165) is 52.9 Å². The van der Waals surface area contributed by atoms with Gasteiger partial charge in [0.05, 0.1) is 17.5 Å². The van der Waals surface area contributed by atoms with Gasteiger partial charge in [0.25, 0.3) is 5.91 Å². The van der Waals surface area contributed by atoms with Crippen LogP contribution in [0.2, 0.25) is 0 Å². The summed E-state index contributed by atoms with van der Waals surface area (Å²) in [5, 5.41) is 3.72. The van der Waals surface area contributed by atoms with Crippen LogP contribution in [0.4, 0.5) is 5.69 Å². The highest BCUT2D eigenvalue weighted by Gasteiger charge is 2.35. The number of nitrogens with two attached hydrogens (primary N) is 1. The fourth-order valence-corrected chi connectivity index (χ4v) is 5.45. The number of amides is 1. The second-order valence-corrected chi connectivity index (χ2v) is 9.58. The number of aryl methyl sites for hydroxylation is 1. The number of nitrogens with one attached hydrogen (secondary N) is 1. The molecule has 1 saturated heterocycles. The molecule has 150 valence electrons. The van der Waals surface area contributed by atoms with Crippen molar-refractivity contribution in [2.75, 3.05) is 18.9 Å². The van der Waals surface area contributed by atoms with Crippen LogP contribution in [0, 0.1) is 5.41 Å². The molecule has 3 heterocycles. The topological polar surface area (TPSA) is 94.3 Å². The number of rotatable bonds is 4. The Morgan fingerprint density at radius 3 is 2.86 bits per heavy atom. The molecule has 4 rings (SSSR count). The van der Waals surface area contributed by atoms with E-state index in [1.807, 2.05) is 6.92 Å². The second-order valence-electron chi connectivity index (χ2n) is 8.58. The first-order chi connectivity index (χ1) is 13.3. The molecule has 0 radical (unpaired) electrons. The Labute approximate surface area is 168 Å². The Morgan fingerprint density at radius 2 is 2.18 bits per heavy atom. The van der Waals surface area contributed by atoms with Gasteiger partial charge in [-0.25, -0.2) is 4.98 Å². The normalized spacial score (nSPS) is 21.1. The van der Waals surface area contributed by atoms with Crippen molar-refractivity contribution in [1.82, 2.24) is 10.3 Å². The van der Waals surface area contributed by atoms with Crippen LogP contribution in [0.15, 0.2) is 0 Å². The molecule has 7 heteroatoms. The molecule has 28 heavy (non-hydrogen) atoms. The second kappa shape index (κ2) is 7.12. The summed E-state index contributed by atoms with van der Waals surface area (Å²) in [6, 6.07) is 0. The molecule has 0 aromatic carbocycles. The molecule has 1 unspecified atom stereocenters. The van der Waals surface area contributed by atoms with E-state index in [1.54, 1.807) is 0 Å². The van der Waals surface area contributed by atoms with Crippen molar-refractivity contribution in [3.05, 3.63) is 21.7 Å². The van der Waals surface area contributed by atoms with E-state index in [9.17, 15) is 9.59 Å². The fraction of sp³-hybridized carbons (Fsp3) is 0.571. The third kappa shape index (κ3) is 3.31. The molecule has 3 N–H and O–H groups in total. The standard InChI is InChI=1S/C21H27N3O3S/c1-4-12-15-13(8-21(2,3)9-14(15)25)24-20-16(12)17(22)18(28-20)19(26)23-10-11-6-5-7-27-11/h11H,4-10,22H2,1-3H3,(H,23,26). The van der Waals surface area contributed by atoms with Crippen LogP contribution in [0.25, 0.3) is 10.2 Å². The molecule has 1 fully saturated rings. The first kappa shape index (κ1) is 19.3. The predicted molar refractivity (Wildman–Crippen MR) is 111 cm³/mol. The molecule has 0 saturated carbocycles. The number of nitrogen functional groups attached to an aromatic ring is 1. The van der Waals surface area contributed by atoms with Gasteiger partial charge in [0.2, 0.25) is 0 Å². The van der Waals surface area contributed by atoms with Crippen molar-refractivity contribution in [2.24, 2.45) is 5.41 Å². The minimum Gasteiger partial charge on any atom is -0.397 e. The molecule has 2 aromatic rings. The van der Waals surface area contributed by atoms with Crippen molar-refractivity contribution in [1.29, 1.82) is 0 Å². The van der Waals surface area contributed by atoms with Crippen molar-refractivity contribution in [3.8, 4) is 0 Å². The zero-order chi connectivity index (χ0) is 20.1. The summed E-state index contributed by atoms with van der Waals surface area (Å²) in [5.41, 5.74) is 9.25. The summed E-state index contributed by atoms with van der Waals surface area (Å²) in [5.74, 6) is -0.0600. The highest BCUT2D eigenvalue weighted by molar-refractivity contribution is 7.21. The third-order valence-electron chi connectivity index (χ3n) is 5.69. The number of carbonyl (C=O) groups is 2. The Morgan fingerprint density at radius 1 is 1.39 bits per heavy atom. The lowest BCUT2D eigenvalue weighted by Gasteiger charge is -2.30. The average molecular weight is 402 g/mol. The van der Waals surface area contributed by atoms with Crippen molar-refractivity contribution in [3.63, 3.8) is 0 Å². The number of thiophene rings is 1. The highest BCUT2D eigenvalue weighted by Crippen LogP contribution is 2.42. The number of carbonyl (C=O) groups excluding carboxylic acids is 2. The fourth-order valence-electron chi connectivity index (χ4n) is 4.39. The monoisotopic (exact) mass is 401 g/mol. The van der Waals surface area contributed by atoms with Crippen LogP contribution in [0.5, 0.6) is 0 Å². The van der Waals surface area contributed by atoms with Crippen molar-refractivity contribution in [2.45, 2.75) is 59.0 Å². The maximum absolute atomic E-state index is 12.9. The molecule has 1 atom stereocenters. The van der Waals surface area contributed by atoms with Crippen LogP contribution < -0.4 is 11.1 Å². The van der Waals surface area contributed by atoms with E-state index < -0.39 is 0 Å². The minimum absolute atomic E-state index is 0.0797. The summed E-state index contributed by atoms with van der Waals surface area (Å²) in [7, 11) is 0. The SMILES string of the molecule is CCc1c2c(nc3sc(C(=O)NCC4CCCO4)c(N)c13)CC(C)(C)CC2=O. The van der Waals surface area contributed by atoms with Gasteiger partial charge < -0.3 is 15.8 Å². The number of anilines is 1. The van der Waals surface area contributed by atoms with Crippen LogP contribution in [0.1, 0.15) is 71.3 Å². The van der Waals surface area contributed by atoms with Gasteiger partial charge in [-0.15, -0.1) is 11.3 Å². The molecular weight excluding hydrogens is 374 g/mol. The summed E-state index contributed by atoms with van der Waals surface area (Å²) in [6.07, 6.45) is 4.04. The van der Waals surface area contributed by atoms with E-state index in [1.165, 1.54) is 11.3 Å². The van der Waals surface area contributed by atoms with Gasteiger partial charge in [0, 0.05) is 30.5 Å². The summed E-state index contributed by atoms with van der Waals surface area (Å²) >= 11 is 1.32. The molecule has 1 amide bonds. The van der Waals surface area contributed by atoms with Crippen molar-refractivity contribution < 1.29 is 14.3 Å². The molecule has 2 aliphatic rings. The number of hydrogen-bond donors (Lipinski definition) is 2. The zero-order valence-corrected chi connectivity index (χ0v) is 17.5. The lowest BCUT2D eigenvalue weighted by Crippen LogP contribution is -2.31. The molecule has 0 spiro atoms. The van der Waals surface area contributed by atoms with Gasteiger partial charge >= 0.3 is 0 Å². The molecule has 2 aromatic heterocycles. The lowest BCUT2D eigenvalue weighted by atomic mass is 9.74. The van der Waals surface area contributed by atoms with E-state index >= 15 is 0 Å². The van der Waals surface area contributed by atoms with Gasteiger partial charge in [-0.05, 0) is 36.7 Å². The van der Waals surface area contributed by atoms with Crippen LogP contribution in [-0.4, -0.2) is 35.9 Å². The zero-order valence-electron chi connectivity index (χ0n) is 16.7. The first-order valence-electron chi connectivity index (χ1n) is 9.97. The van der Waals surface area contributed by atoms with Gasteiger partial charge in [-0.2, -0.15) is 0 Å². The van der Waals surface area contributed by atoms with Crippen LogP contribution in [-0.2, 0) is 17.6 Å². The maximum Gasteiger partial charge on any atom is 0.263 e.